The Balaban J connectivity index is 2.05. The van der Waals surface area contributed by atoms with E-state index in [1.165, 1.54) is 24.3 Å². The summed E-state index contributed by atoms with van der Waals surface area (Å²) >= 11 is 5.23. The van der Waals surface area contributed by atoms with Gasteiger partial charge in [-0.1, -0.05) is 24.3 Å². The Morgan fingerprint density at radius 3 is 2.14 bits per heavy atom. The van der Waals surface area contributed by atoms with Crippen LogP contribution < -0.4 is 20.9 Å². The molecule has 0 saturated carbocycles. The largest absolute Gasteiger partial charge is 0.331 e. The number of nitrogens with one attached hydrogen (secondary N) is 4. The van der Waals surface area contributed by atoms with Crippen LogP contribution in [0, 0.1) is 13.8 Å². The van der Waals surface area contributed by atoms with Crippen LogP contribution in [0.15, 0.2) is 47.4 Å². The van der Waals surface area contributed by atoms with Gasteiger partial charge in [0.1, 0.15) is 0 Å². The fourth-order valence-electron chi connectivity index (χ4n) is 2.61. The van der Waals surface area contributed by atoms with Crippen LogP contribution in [0.4, 0.5) is 5.69 Å². The van der Waals surface area contributed by atoms with Crippen LogP contribution in [0.2, 0.25) is 0 Å². The van der Waals surface area contributed by atoms with E-state index in [-0.39, 0.29) is 15.6 Å². The van der Waals surface area contributed by atoms with Gasteiger partial charge in [-0.3, -0.25) is 15.6 Å². The monoisotopic (exact) mass is 434 g/mol. The zero-order valence-corrected chi connectivity index (χ0v) is 18.7. The molecule has 0 aliphatic carbocycles. The van der Waals surface area contributed by atoms with Gasteiger partial charge in [0.25, 0.3) is 5.91 Å². The Labute approximate surface area is 177 Å². The SMILES string of the molecule is Cc1cccc(C)c1NC(=S)NNC(=O)c1cccc(S(=O)(=O)NC(C)(C)C)c1. The number of amides is 1. The molecule has 156 valence electrons. The summed E-state index contributed by atoms with van der Waals surface area (Å²) in [6.45, 7) is 9.14. The highest BCUT2D eigenvalue weighted by molar-refractivity contribution is 7.89. The summed E-state index contributed by atoms with van der Waals surface area (Å²) in [5.74, 6) is -0.511. The van der Waals surface area contributed by atoms with E-state index in [9.17, 15) is 13.2 Å². The van der Waals surface area contributed by atoms with E-state index in [0.717, 1.165) is 16.8 Å². The second kappa shape index (κ2) is 8.89. The summed E-state index contributed by atoms with van der Waals surface area (Å²) in [7, 11) is -3.74. The number of hydrogen-bond donors (Lipinski definition) is 4. The van der Waals surface area contributed by atoms with Gasteiger partial charge in [-0.15, -0.1) is 0 Å². The maximum atomic E-state index is 12.5. The lowest BCUT2D eigenvalue weighted by molar-refractivity contribution is 0.0944. The smallest absolute Gasteiger partial charge is 0.269 e. The fraction of sp³-hybridized carbons (Fsp3) is 0.300. The van der Waals surface area contributed by atoms with Crippen molar-refractivity contribution < 1.29 is 13.2 Å². The molecule has 1 amide bonds. The number of para-hydroxylation sites is 1. The first kappa shape index (κ1) is 22.8. The molecule has 0 unspecified atom stereocenters. The molecule has 0 aliphatic heterocycles. The molecule has 9 heteroatoms. The highest BCUT2D eigenvalue weighted by Gasteiger charge is 2.22. The minimum Gasteiger partial charge on any atom is -0.331 e. The summed E-state index contributed by atoms with van der Waals surface area (Å²) in [5.41, 5.74) is 7.56. The van der Waals surface area contributed by atoms with Gasteiger partial charge in [0.2, 0.25) is 10.0 Å². The fourth-order valence-corrected chi connectivity index (χ4v) is 4.23. The summed E-state index contributed by atoms with van der Waals surface area (Å²) in [5, 5.41) is 3.26. The number of thiocarbonyl (C=S) groups is 1. The summed E-state index contributed by atoms with van der Waals surface area (Å²) in [6.07, 6.45) is 0. The minimum atomic E-state index is -3.74. The molecule has 2 rings (SSSR count). The van der Waals surface area contributed by atoms with Gasteiger partial charge in [0, 0.05) is 16.8 Å². The zero-order chi connectivity index (χ0) is 21.8. The summed E-state index contributed by atoms with van der Waals surface area (Å²) in [6, 6.07) is 11.6. The van der Waals surface area contributed by atoms with Crippen molar-refractivity contribution in [1.29, 1.82) is 0 Å². The average molecular weight is 435 g/mol. The van der Waals surface area contributed by atoms with Crippen molar-refractivity contribution >= 4 is 38.9 Å². The number of aryl methyl sites for hydroxylation is 2. The van der Waals surface area contributed by atoms with Crippen molar-refractivity contribution in [1.82, 2.24) is 15.6 Å². The predicted octanol–water partition coefficient (Wildman–Crippen LogP) is 3.01. The van der Waals surface area contributed by atoms with E-state index in [4.69, 9.17) is 12.2 Å². The minimum absolute atomic E-state index is 0.0105. The van der Waals surface area contributed by atoms with Crippen molar-refractivity contribution in [2.75, 3.05) is 5.32 Å². The van der Waals surface area contributed by atoms with E-state index >= 15 is 0 Å². The third-order valence-corrected chi connectivity index (χ3v) is 5.82. The van der Waals surface area contributed by atoms with Crippen molar-refractivity contribution in [2.45, 2.75) is 45.1 Å². The molecule has 0 atom stereocenters. The van der Waals surface area contributed by atoms with Crippen LogP contribution >= 0.6 is 12.2 Å². The molecule has 2 aromatic carbocycles. The Kier molecular flexibility index (Phi) is 6.99. The van der Waals surface area contributed by atoms with Crippen LogP contribution in [-0.4, -0.2) is 25.0 Å². The van der Waals surface area contributed by atoms with Gasteiger partial charge in [0.05, 0.1) is 4.90 Å². The van der Waals surface area contributed by atoms with E-state index in [1.54, 1.807) is 20.8 Å². The lowest BCUT2D eigenvalue weighted by atomic mass is 10.1. The molecule has 4 N–H and O–H groups in total. The Hall–Kier alpha value is -2.49. The van der Waals surface area contributed by atoms with Crippen LogP contribution in [0.1, 0.15) is 42.3 Å². The number of benzene rings is 2. The third kappa shape index (κ3) is 6.52. The Bertz CT molecular complexity index is 1010. The normalized spacial score (nSPS) is 11.6. The standard InChI is InChI=1S/C20H26N4O3S2/c1-13-8-6-9-14(2)17(13)21-19(28)23-22-18(25)15-10-7-11-16(12-15)29(26,27)24-20(3,4)5/h6-12,24H,1-5H3,(H,22,25)(H2,21,23,28). The topological polar surface area (TPSA) is 99.3 Å². The number of hydrogen-bond acceptors (Lipinski definition) is 4. The van der Waals surface area contributed by atoms with Crippen LogP contribution in [0.25, 0.3) is 0 Å². The third-order valence-electron chi connectivity index (χ3n) is 3.86. The quantitative estimate of drug-likeness (QED) is 0.436. The molecular weight excluding hydrogens is 408 g/mol. The molecule has 0 heterocycles. The maximum Gasteiger partial charge on any atom is 0.269 e. The van der Waals surface area contributed by atoms with Crippen LogP contribution in [0.5, 0.6) is 0 Å². The first-order chi connectivity index (χ1) is 13.4. The van der Waals surface area contributed by atoms with E-state index in [1.807, 2.05) is 32.0 Å². The second-order valence-corrected chi connectivity index (χ2v) is 9.77. The van der Waals surface area contributed by atoms with Gasteiger partial charge in [-0.05, 0) is 76.2 Å². The summed E-state index contributed by atoms with van der Waals surface area (Å²) < 4.78 is 27.5. The number of carbonyl (C=O) groups excluding carboxylic acids is 1. The Morgan fingerprint density at radius 2 is 1.55 bits per heavy atom. The number of carbonyl (C=O) groups is 1. The number of hydrazine groups is 1. The molecule has 0 aromatic heterocycles. The number of rotatable bonds is 4. The molecule has 2 aromatic rings. The van der Waals surface area contributed by atoms with Crippen molar-refractivity contribution in [3.05, 3.63) is 59.2 Å². The Morgan fingerprint density at radius 1 is 0.966 bits per heavy atom. The molecule has 0 fully saturated rings. The molecule has 0 bridgehead atoms. The first-order valence-corrected chi connectivity index (χ1v) is 10.9. The van der Waals surface area contributed by atoms with Crippen molar-refractivity contribution in [2.24, 2.45) is 0 Å². The average Bonchev–Trinajstić information content (AvgIpc) is 2.61. The van der Waals surface area contributed by atoms with Crippen molar-refractivity contribution in [3.8, 4) is 0 Å². The lowest BCUT2D eigenvalue weighted by Gasteiger charge is -2.20. The molecule has 0 aliphatic rings. The van der Waals surface area contributed by atoms with Gasteiger partial charge in [-0.2, -0.15) is 0 Å². The summed E-state index contributed by atoms with van der Waals surface area (Å²) in [4.78, 5) is 12.4. The molecule has 29 heavy (non-hydrogen) atoms. The first-order valence-electron chi connectivity index (χ1n) is 8.97. The molecule has 0 radical (unpaired) electrons. The van der Waals surface area contributed by atoms with Crippen LogP contribution in [-0.2, 0) is 10.0 Å². The number of anilines is 1. The molecule has 7 nitrogen and oxygen atoms in total. The van der Waals surface area contributed by atoms with Gasteiger partial charge in [0.15, 0.2) is 5.11 Å². The highest BCUT2D eigenvalue weighted by Crippen LogP contribution is 2.19. The van der Waals surface area contributed by atoms with Gasteiger partial charge < -0.3 is 5.32 Å². The second-order valence-electron chi connectivity index (χ2n) is 7.68. The molecule has 0 spiro atoms. The van der Waals surface area contributed by atoms with Gasteiger partial charge >= 0.3 is 0 Å². The van der Waals surface area contributed by atoms with E-state index in [2.05, 4.69) is 20.9 Å². The van der Waals surface area contributed by atoms with Crippen LogP contribution in [0.3, 0.4) is 0 Å². The van der Waals surface area contributed by atoms with Gasteiger partial charge in [-0.25, -0.2) is 13.1 Å². The highest BCUT2D eigenvalue weighted by atomic mass is 32.2. The lowest BCUT2D eigenvalue weighted by Crippen LogP contribution is -2.44. The number of sulfonamides is 1. The predicted molar refractivity (Wildman–Crippen MR) is 119 cm³/mol. The molecule has 0 saturated heterocycles. The van der Waals surface area contributed by atoms with E-state index in [0.29, 0.717) is 0 Å². The van der Waals surface area contributed by atoms with Crippen molar-refractivity contribution in [3.63, 3.8) is 0 Å². The van der Waals surface area contributed by atoms with E-state index < -0.39 is 21.5 Å². The molecular formula is C20H26N4O3S2. The zero-order valence-electron chi connectivity index (χ0n) is 17.1. The maximum absolute atomic E-state index is 12.5.